The normalized spacial score (nSPS) is 16.4. The van der Waals surface area contributed by atoms with Gasteiger partial charge in [-0.2, -0.15) is 0 Å². The maximum absolute atomic E-state index is 12.7. The van der Waals surface area contributed by atoms with E-state index in [1.165, 1.54) is 0 Å². The largest absolute Gasteiger partial charge is 0.363 e. The highest BCUT2D eigenvalue weighted by Gasteiger charge is 2.31. The van der Waals surface area contributed by atoms with Gasteiger partial charge in [0, 0.05) is 79.9 Å². The number of sulfonamides is 1. The number of nitrogens with one attached hydrogen (secondary N) is 2. The Morgan fingerprint density at radius 1 is 1.21 bits per heavy atom. The molecule has 0 bridgehead atoms. The summed E-state index contributed by atoms with van der Waals surface area (Å²) < 4.78 is 29.0. The van der Waals surface area contributed by atoms with Crippen LogP contribution in [0.2, 0.25) is 0 Å². The molecule has 34 heavy (non-hydrogen) atoms. The number of carbonyl (C=O) groups excluding carboxylic acids is 1. The van der Waals surface area contributed by atoms with Gasteiger partial charge >= 0.3 is 0 Å². The summed E-state index contributed by atoms with van der Waals surface area (Å²) in [7, 11) is -1.58. The quantitative estimate of drug-likeness (QED) is 0.593. The Morgan fingerprint density at radius 3 is 2.62 bits per heavy atom. The lowest BCUT2D eigenvalue weighted by molar-refractivity contribution is -0.129. The Kier molecular flexibility index (Phi) is 5.43. The second-order valence-electron chi connectivity index (χ2n) is 9.12. The van der Waals surface area contributed by atoms with Crippen molar-refractivity contribution in [1.29, 1.82) is 0 Å². The average molecular weight is 484 g/mol. The zero-order valence-electron chi connectivity index (χ0n) is 19.6. The number of nitrogens with zero attached hydrogens (tertiary/aromatic N) is 3. The zero-order valence-corrected chi connectivity index (χ0v) is 20.4. The molecule has 3 aromatic rings. The van der Waals surface area contributed by atoms with Gasteiger partial charge < -0.3 is 19.4 Å². The number of pyridine rings is 1. The molecular weight excluding hydrogens is 454 g/mol. The van der Waals surface area contributed by atoms with Crippen LogP contribution in [0.4, 0.5) is 11.4 Å². The van der Waals surface area contributed by atoms with Gasteiger partial charge in [-0.05, 0) is 43.5 Å². The molecular formula is C24H29N5O4S. The fourth-order valence-corrected chi connectivity index (χ4v) is 5.88. The first-order valence-corrected chi connectivity index (χ1v) is 13.2. The van der Waals surface area contributed by atoms with Gasteiger partial charge in [-0.15, -0.1) is 0 Å². The fraction of sp³-hybridized carbons (Fsp3) is 0.417. The molecule has 9 nitrogen and oxygen atoms in total. The van der Waals surface area contributed by atoms with Crippen LogP contribution in [0.3, 0.4) is 0 Å². The number of benzene rings is 1. The van der Waals surface area contributed by atoms with Gasteiger partial charge in [-0.25, -0.2) is 8.42 Å². The van der Waals surface area contributed by atoms with E-state index in [1.807, 2.05) is 34.8 Å². The topological polar surface area (TPSA) is 108 Å². The van der Waals surface area contributed by atoms with Crippen LogP contribution in [0, 0.1) is 0 Å². The number of aromatic nitrogens is 2. The molecule has 10 heteroatoms. The lowest BCUT2D eigenvalue weighted by Crippen LogP contribution is -2.46. The lowest BCUT2D eigenvalue weighted by atomic mass is 9.99. The third-order valence-corrected chi connectivity index (χ3v) is 8.34. The number of hydrogen-bond acceptors (Lipinski definition) is 5. The molecule has 1 aromatic carbocycles. The SMILES string of the molecule is CCS(=O)(=O)Nc1ccc2c(c1)-c1cn(C)c3c(=O)[nH]cc(c13)CN2C1CCN(C(C)=O)CC1. The molecule has 180 valence electrons. The van der Waals surface area contributed by atoms with Crippen LogP contribution in [-0.2, 0) is 28.4 Å². The minimum absolute atomic E-state index is 0.0152. The molecule has 5 rings (SSSR count). The summed E-state index contributed by atoms with van der Waals surface area (Å²) in [6.45, 7) is 5.23. The molecule has 1 fully saturated rings. The maximum atomic E-state index is 12.7. The minimum atomic E-state index is -3.43. The monoisotopic (exact) mass is 483 g/mol. The molecule has 0 unspecified atom stereocenters. The summed E-state index contributed by atoms with van der Waals surface area (Å²) in [6.07, 6.45) is 5.42. The number of piperidine rings is 1. The van der Waals surface area contributed by atoms with Gasteiger partial charge in [0.2, 0.25) is 15.9 Å². The standard InChI is InChI=1S/C24H29N5O4S/c1-4-34(32,33)26-17-5-6-21-19(11-17)20-14-27(3)23-22(20)16(12-25-24(23)31)13-29(21)18-7-9-28(10-8-18)15(2)30/h5-6,11-12,14,18,26H,4,7-10,13H2,1-3H3,(H,25,31). The number of aryl methyl sites for hydroxylation is 1. The fourth-order valence-electron chi connectivity index (χ4n) is 5.25. The van der Waals surface area contributed by atoms with Gasteiger partial charge in [0.1, 0.15) is 5.52 Å². The van der Waals surface area contributed by atoms with Gasteiger partial charge in [0.05, 0.1) is 5.75 Å². The van der Waals surface area contributed by atoms with E-state index < -0.39 is 10.0 Å². The van der Waals surface area contributed by atoms with Crippen LogP contribution in [0.25, 0.3) is 22.0 Å². The van der Waals surface area contributed by atoms with Gasteiger partial charge in [0.25, 0.3) is 5.56 Å². The molecule has 4 heterocycles. The number of anilines is 2. The first-order valence-electron chi connectivity index (χ1n) is 11.5. The summed E-state index contributed by atoms with van der Waals surface area (Å²) in [5, 5.41) is 0.895. The summed E-state index contributed by atoms with van der Waals surface area (Å²) in [4.78, 5) is 31.6. The summed E-state index contributed by atoms with van der Waals surface area (Å²) in [5.41, 5.74) is 4.77. The number of fused-ring (bicyclic) bond motifs is 2. The highest BCUT2D eigenvalue weighted by Crippen LogP contribution is 2.44. The molecule has 0 atom stereocenters. The van der Waals surface area contributed by atoms with Crippen molar-refractivity contribution in [2.24, 2.45) is 7.05 Å². The Hall–Kier alpha value is -3.27. The molecule has 2 aliphatic heterocycles. The van der Waals surface area contributed by atoms with Crippen LogP contribution in [0.1, 0.15) is 32.3 Å². The van der Waals surface area contributed by atoms with Crippen molar-refractivity contribution >= 4 is 38.2 Å². The van der Waals surface area contributed by atoms with Crippen molar-refractivity contribution in [3.63, 3.8) is 0 Å². The number of rotatable bonds is 4. The third-order valence-electron chi connectivity index (χ3n) is 7.04. The molecule has 2 aliphatic rings. The molecule has 0 radical (unpaired) electrons. The lowest BCUT2D eigenvalue weighted by Gasteiger charge is -2.40. The Morgan fingerprint density at radius 2 is 1.94 bits per heavy atom. The van der Waals surface area contributed by atoms with Crippen molar-refractivity contribution in [2.75, 3.05) is 28.5 Å². The Bertz CT molecular complexity index is 1450. The average Bonchev–Trinajstić information content (AvgIpc) is 3.10. The van der Waals surface area contributed by atoms with Crippen molar-refractivity contribution in [3.05, 3.63) is 46.5 Å². The minimum Gasteiger partial charge on any atom is -0.363 e. The first kappa shape index (κ1) is 22.5. The van der Waals surface area contributed by atoms with Crippen LogP contribution >= 0.6 is 0 Å². The second kappa shape index (κ2) is 8.19. The number of likely N-dealkylation sites (tertiary alicyclic amines) is 1. The molecule has 0 aliphatic carbocycles. The van der Waals surface area contributed by atoms with Crippen molar-refractivity contribution in [2.45, 2.75) is 39.3 Å². The third kappa shape index (κ3) is 3.75. The first-order chi connectivity index (χ1) is 16.2. The Balaban J connectivity index is 1.66. The predicted molar refractivity (Wildman–Crippen MR) is 134 cm³/mol. The van der Waals surface area contributed by atoms with E-state index in [0.29, 0.717) is 30.8 Å². The van der Waals surface area contributed by atoms with E-state index >= 15 is 0 Å². The number of H-pyrrole nitrogens is 1. The molecule has 2 N–H and O–H groups in total. The van der Waals surface area contributed by atoms with Crippen molar-refractivity contribution < 1.29 is 13.2 Å². The number of hydrogen-bond donors (Lipinski definition) is 2. The van der Waals surface area contributed by atoms with E-state index in [0.717, 1.165) is 40.6 Å². The molecule has 1 amide bonds. The summed E-state index contributed by atoms with van der Waals surface area (Å²) in [5.74, 6) is 0.0800. The van der Waals surface area contributed by atoms with E-state index in [4.69, 9.17) is 0 Å². The molecule has 1 saturated heterocycles. The summed E-state index contributed by atoms with van der Waals surface area (Å²) >= 11 is 0. The molecule has 2 aromatic heterocycles. The van der Waals surface area contributed by atoms with Crippen LogP contribution < -0.4 is 15.2 Å². The number of carbonyl (C=O) groups is 1. The van der Waals surface area contributed by atoms with Gasteiger partial charge in [-0.3, -0.25) is 14.3 Å². The van der Waals surface area contributed by atoms with Crippen molar-refractivity contribution in [3.8, 4) is 11.1 Å². The number of amides is 1. The van der Waals surface area contributed by atoms with Crippen LogP contribution in [-0.4, -0.2) is 53.7 Å². The van der Waals surface area contributed by atoms with E-state index in [1.54, 1.807) is 26.1 Å². The predicted octanol–water partition coefficient (Wildman–Crippen LogP) is 2.63. The van der Waals surface area contributed by atoms with E-state index in [-0.39, 0.29) is 23.3 Å². The van der Waals surface area contributed by atoms with E-state index in [9.17, 15) is 18.0 Å². The smallest absolute Gasteiger partial charge is 0.272 e. The highest BCUT2D eigenvalue weighted by atomic mass is 32.2. The maximum Gasteiger partial charge on any atom is 0.272 e. The zero-order chi connectivity index (χ0) is 24.2. The molecule has 0 spiro atoms. The second-order valence-corrected chi connectivity index (χ2v) is 11.1. The highest BCUT2D eigenvalue weighted by molar-refractivity contribution is 7.92. The van der Waals surface area contributed by atoms with Gasteiger partial charge in [-0.1, -0.05) is 0 Å². The summed E-state index contributed by atoms with van der Waals surface area (Å²) in [6, 6.07) is 5.84. The molecule has 0 saturated carbocycles. The van der Waals surface area contributed by atoms with E-state index in [2.05, 4.69) is 14.6 Å². The number of aromatic amines is 1. The van der Waals surface area contributed by atoms with Crippen LogP contribution in [0.15, 0.2) is 35.4 Å². The van der Waals surface area contributed by atoms with Crippen molar-refractivity contribution in [1.82, 2.24) is 14.5 Å². The Labute approximate surface area is 198 Å². The van der Waals surface area contributed by atoms with Crippen LogP contribution in [0.5, 0.6) is 0 Å². The van der Waals surface area contributed by atoms with Gasteiger partial charge in [0.15, 0.2) is 0 Å².